The van der Waals surface area contributed by atoms with E-state index in [1.807, 2.05) is 0 Å². The van der Waals surface area contributed by atoms with Crippen molar-refractivity contribution in [3.05, 3.63) is 18.3 Å². The Morgan fingerprint density at radius 2 is 2.11 bits per heavy atom. The fourth-order valence-electron chi connectivity index (χ4n) is 1.73. The largest absolute Gasteiger partial charge is 0.493 e. The van der Waals surface area contributed by atoms with Crippen LogP contribution in [0.3, 0.4) is 0 Å². The average Bonchev–Trinajstić information content (AvgIpc) is 2.26. The Morgan fingerprint density at radius 1 is 1.42 bits per heavy atom. The third-order valence-corrected chi connectivity index (χ3v) is 2.52. The molecule has 0 fully saturated rings. The molecule has 0 saturated heterocycles. The molecule has 0 aliphatic carbocycles. The van der Waals surface area contributed by atoms with Crippen LogP contribution in [0.25, 0.3) is 0 Å². The van der Waals surface area contributed by atoms with Gasteiger partial charge >= 0.3 is 5.97 Å². The predicted molar refractivity (Wildman–Crippen MR) is 70.1 cm³/mol. The Labute approximate surface area is 111 Å². The number of carboxylic acid groups (broad SMARTS) is 1. The van der Waals surface area contributed by atoms with E-state index in [0.717, 1.165) is 0 Å². The van der Waals surface area contributed by atoms with Gasteiger partial charge in [-0.3, -0.25) is 9.59 Å². The monoisotopic (exact) mass is 266 g/mol. The lowest BCUT2D eigenvalue weighted by Gasteiger charge is -2.21. The van der Waals surface area contributed by atoms with E-state index in [4.69, 9.17) is 9.84 Å². The van der Waals surface area contributed by atoms with Crippen LogP contribution in [0.2, 0.25) is 0 Å². The van der Waals surface area contributed by atoms with Crippen LogP contribution in [0, 0.1) is 5.41 Å². The van der Waals surface area contributed by atoms with Gasteiger partial charge in [0.1, 0.15) is 0 Å². The van der Waals surface area contributed by atoms with Crippen molar-refractivity contribution in [2.75, 3.05) is 12.4 Å². The summed E-state index contributed by atoms with van der Waals surface area (Å²) in [6.07, 6.45) is 1.57. The summed E-state index contributed by atoms with van der Waals surface area (Å²) in [5.41, 5.74) is -0.613. The lowest BCUT2D eigenvalue weighted by atomic mass is 9.85. The van der Waals surface area contributed by atoms with Crippen molar-refractivity contribution in [3.63, 3.8) is 0 Å². The standard InChI is InChI=1S/C13H18N2O4/c1-13(2,8-11(17)18)7-10(16)15-12-9(19-3)5-4-6-14-12/h4-6H,7-8H2,1-3H3,(H,17,18)(H,14,15,16). The van der Waals surface area contributed by atoms with Crippen LogP contribution in [0.15, 0.2) is 18.3 Å². The summed E-state index contributed by atoms with van der Waals surface area (Å²) in [4.78, 5) is 26.6. The highest BCUT2D eigenvalue weighted by Gasteiger charge is 2.25. The lowest BCUT2D eigenvalue weighted by molar-refractivity contribution is -0.139. The third kappa shape index (κ3) is 4.95. The van der Waals surface area contributed by atoms with Crippen LogP contribution in [-0.2, 0) is 9.59 Å². The normalized spacial score (nSPS) is 10.9. The van der Waals surface area contributed by atoms with E-state index in [9.17, 15) is 9.59 Å². The first-order valence-electron chi connectivity index (χ1n) is 5.85. The van der Waals surface area contributed by atoms with Gasteiger partial charge in [-0.1, -0.05) is 13.8 Å². The quantitative estimate of drug-likeness (QED) is 0.821. The van der Waals surface area contributed by atoms with E-state index in [2.05, 4.69) is 10.3 Å². The molecular weight excluding hydrogens is 248 g/mol. The molecule has 0 unspecified atom stereocenters. The highest BCUT2D eigenvalue weighted by molar-refractivity contribution is 5.91. The zero-order valence-corrected chi connectivity index (χ0v) is 11.3. The Morgan fingerprint density at radius 3 is 2.68 bits per heavy atom. The molecule has 6 nitrogen and oxygen atoms in total. The number of carboxylic acids is 1. The molecule has 0 aliphatic heterocycles. The van der Waals surface area contributed by atoms with E-state index in [0.29, 0.717) is 11.6 Å². The number of hydrogen-bond acceptors (Lipinski definition) is 4. The van der Waals surface area contributed by atoms with Crippen molar-refractivity contribution in [1.29, 1.82) is 0 Å². The SMILES string of the molecule is COc1cccnc1NC(=O)CC(C)(C)CC(=O)O. The summed E-state index contributed by atoms with van der Waals surface area (Å²) in [5.74, 6) is -0.413. The number of hydrogen-bond donors (Lipinski definition) is 2. The molecule has 6 heteroatoms. The molecule has 0 bridgehead atoms. The first kappa shape index (κ1) is 14.9. The second-order valence-electron chi connectivity index (χ2n) is 5.01. The number of ether oxygens (including phenoxy) is 1. The minimum atomic E-state index is -0.923. The predicted octanol–water partition coefficient (Wildman–Crippen LogP) is 1.92. The number of pyridine rings is 1. The van der Waals surface area contributed by atoms with Crippen LogP contribution >= 0.6 is 0 Å². The first-order chi connectivity index (χ1) is 8.84. The topological polar surface area (TPSA) is 88.5 Å². The van der Waals surface area contributed by atoms with Crippen molar-refractivity contribution in [2.24, 2.45) is 5.41 Å². The van der Waals surface area contributed by atoms with Gasteiger partial charge in [0, 0.05) is 12.6 Å². The van der Waals surface area contributed by atoms with Gasteiger partial charge in [0.15, 0.2) is 11.6 Å². The number of amides is 1. The van der Waals surface area contributed by atoms with Gasteiger partial charge in [0.05, 0.1) is 13.5 Å². The molecule has 1 heterocycles. The number of carbonyl (C=O) groups is 2. The van der Waals surface area contributed by atoms with Crippen molar-refractivity contribution in [1.82, 2.24) is 4.98 Å². The number of methoxy groups -OCH3 is 1. The highest BCUT2D eigenvalue weighted by atomic mass is 16.5. The fraction of sp³-hybridized carbons (Fsp3) is 0.462. The second-order valence-corrected chi connectivity index (χ2v) is 5.01. The Kier molecular flexibility index (Phi) is 4.86. The lowest BCUT2D eigenvalue weighted by Crippen LogP contribution is -2.25. The average molecular weight is 266 g/mol. The summed E-state index contributed by atoms with van der Waals surface area (Å²) in [5, 5.41) is 11.4. The van der Waals surface area contributed by atoms with Crippen LogP contribution in [0.5, 0.6) is 5.75 Å². The van der Waals surface area contributed by atoms with E-state index < -0.39 is 11.4 Å². The summed E-state index contributed by atoms with van der Waals surface area (Å²) in [7, 11) is 1.49. The molecule has 0 spiro atoms. The molecule has 0 radical (unpaired) electrons. The molecular formula is C13H18N2O4. The van der Waals surface area contributed by atoms with Gasteiger partial charge < -0.3 is 15.2 Å². The maximum Gasteiger partial charge on any atom is 0.303 e. The zero-order valence-electron chi connectivity index (χ0n) is 11.3. The van der Waals surface area contributed by atoms with Crippen molar-refractivity contribution in [3.8, 4) is 5.75 Å². The van der Waals surface area contributed by atoms with Gasteiger partial charge in [-0.05, 0) is 17.5 Å². The summed E-state index contributed by atoms with van der Waals surface area (Å²) >= 11 is 0. The van der Waals surface area contributed by atoms with Crippen LogP contribution in [0.4, 0.5) is 5.82 Å². The van der Waals surface area contributed by atoms with E-state index >= 15 is 0 Å². The molecule has 1 amide bonds. The van der Waals surface area contributed by atoms with Gasteiger partial charge in [0.25, 0.3) is 0 Å². The molecule has 0 atom stereocenters. The van der Waals surface area contributed by atoms with Crippen LogP contribution in [0.1, 0.15) is 26.7 Å². The maximum absolute atomic E-state index is 11.9. The molecule has 1 aromatic heterocycles. The molecule has 0 aromatic carbocycles. The summed E-state index contributed by atoms with van der Waals surface area (Å²) < 4.78 is 5.07. The highest BCUT2D eigenvalue weighted by Crippen LogP contribution is 2.26. The summed E-state index contributed by atoms with van der Waals surface area (Å²) in [6, 6.07) is 3.38. The number of rotatable bonds is 6. The number of aromatic nitrogens is 1. The van der Waals surface area contributed by atoms with Crippen molar-refractivity contribution < 1.29 is 19.4 Å². The molecule has 104 valence electrons. The number of anilines is 1. The fourth-order valence-corrected chi connectivity index (χ4v) is 1.73. The van der Waals surface area contributed by atoms with Crippen LogP contribution < -0.4 is 10.1 Å². The van der Waals surface area contributed by atoms with E-state index in [1.54, 1.807) is 32.2 Å². The Bertz CT molecular complexity index is 471. The maximum atomic E-state index is 11.9. The van der Waals surface area contributed by atoms with Gasteiger partial charge in [-0.15, -0.1) is 0 Å². The van der Waals surface area contributed by atoms with Crippen molar-refractivity contribution in [2.45, 2.75) is 26.7 Å². The molecule has 0 saturated carbocycles. The molecule has 1 aromatic rings. The molecule has 1 rings (SSSR count). The van der Waals surface area contributed by atoms with E-state index in [1.165, 1.54) is 7.11 Å². The minimum Gasteiger partial charge on any atom is -0.493 e. The second kappa shape index (κ2) is 6.17. The Balaban J connectivity index is 2.67. The Hall–Kier alpha value is -2.11. The first-order valence-corrected chi connectivity index (χ1v) is 5.85. The molecule has 0 aliphatic rings. The smallest absolute Gasteiger partial charge is 0.303 e. The number of aliphatic carboxylic acids is 1. The third-order valence-electron chi connectivity index (χ3n) is 2.52. The van der Waals surface area contributed by atoms with Gasteiger partial charge in [-0.25, -0.2) is 4.98 Å². The van der Waals surface area contributed by atoms with Crippen LogP contribution in [-0.4, -0.2) is 29.1 Å². The van der Waals surface area contributed by atoms with E-state index in [-0.39, 0.29) is 18.7 Å². The number of carbonyl (C=O) groups excluding carboxylic acids is 1. The number of nitrogens with one attached hydrogen (secondary N) is 1. The molecule has 19 heavy (non-hydrogen) atoms. The molecule has 2 N–H and O–H groups in total. The van der Waals surface area contributed by atoms with Gasteiger partial charge in [0.2, 0.25) is 5.91 Å². The number of nitrogens with zero attached hydrogens (tertiary/aromatic N) is 1. The zero-order chi connectivity index (χ0) is 14.5. The van der Waals surface area contributed by atoms with Gasteiger partial charge in [-0.2, -0.15) is 0 Å². The summed E-state index contributed by atoms with van der Waals surface area (Å²) in [6.45, 7) is 3.46. The van der Waals surface area contributed by atoms with Crippen molar-refractivity contribution >= 4 is 17.7 Å². The minimum absolute atomic E-state index is 0.0697.